The molecule has 0 aliphatic rings. The minimum Gasteiger partial charge on any atom is -0.461 e. The molecule has 0 radical (unpaired) electrons. The van der Waals surface area contributed by atoms with Gasteiger partial charge in [0.15, 0.2) is 5.13 Å². The van der Waals surface area contributed by atoms with Crippen LogP contribution in [0.3, 0.4) is 0 Å². The number of benzene rings is 1. The molecule has 2 amide bonds. The van der Waals surface area contributed by atoms with Crippen molar-refractivity contribution in [1.29, 1.82) is 0 Å². The molecule has 0 saturated heterocycles. The van der Waals surface area contributed by atoms with E-state index in [1.165, 1.54) is 0 Å². The normalized spacial score (nSPS) is 10.6. The Kier molecular flexibility index (Phi) is 7.66. The fourth-order valence-corrected chi connectivity index (χ4v) is 3.57. The maximum atomic E-state index is 12.4. The molecule has 0 unspecified atom stereocenters. The van der Waals surface area contributed by atoms with E-state index in [0.717, 1.165) is 17.8 Å². The molecule has 2 heterocycles. The fraction of sp³-hybridized carbons (Fsp3) is 0.333. The van der Waals surface area contributed by atoms with Crippen molar-refractivity contribution < 1.29 is 23.6 Å². The van der Waals surface area contributed by atoms with Crippen molar-refractivity contribution in [3.05, 3.63) is 46.3 Å². The van der Waals surface area contributed by atoms with Crippen molar-refractivity contribution in [2.24, 2.45) is 0 Å². The average molecular weight is 458 g/mol. The minimum atomic E-state index is -0.451. The van der Waals surface area contributed by atoms with Gasteiger partial charge in [-0.15, -0.1) is 0 Å². The number of aryl methyl sites for hydroxylation is 2. The van der Waals surface area contributed by atoms with Gasteiger partial charge in [0.1, 0.15) is 4.88 Å². The quantitative estimate of drug-likeness (QED) is 0.468. The molecular formula is C21H23N5O5S. The van der Waals surface area contributed by atoms with E-state index in [4.69, 9.17) is 9.26 Å². The SMILES string of the molecule is CCCOC(=O)c1sc(NC(=O)CCNC(=O)c2cccc(-c3noc(C)n3)c2)nc1C. The monoisotopic (exact) mass is 457 g/mol. The molecule has 0 aliphatic carbocycles. The van der Waals surface area contributed by atoms with Gasteiger partial charge in [-0.25, -0.2) is 9.78 Å². The second-order valence-electron chi connectivity index (χ2n) is 6.84. The average Bonchev–Trinajstić information content (AvgIpc) is 3.37. The molecule has 0 aliphatic heterocycles. The van der Waals surface area contributed by atoms with Crippen LogP contribution in [0.5, 0.6) is 0 Å². The van der Waals surface area contributed by atoms with Gasteiger partial charge in [-0.05, 0) is 25.5 Å². The van der Waals surface area contributed by atoms with Crippen molar-refractivity contribution in [2.45, 2.75) is 33.6 Å². The number of rotatable bonds is 9. The summed E-state index contributed by atoms with van der Waals surface area (Å²) >= 11 is 1.06. The third-order valence-electron chi connectivity index (χ3n) is 4.21. The number of hydrogen-bond acceptors (Lipinski definition) is 9. The highest BCUT2D eigenvalue weighted by Crippen LogP contribution is 2.23. The molecule has 3 aromatic rings. The van der Waals surface area contributed by atoms with Gasteiger partial charge in [0, 0.05) is 31.0 Å². The van der Waals surface area contributed by atoms with E-state index in [1.807, 2.05) is 6.92 Å². The number of aromatic nitrogens is 3. The molecule has 0 atom stereocenters. The lowest BCUT2D eigenvalue weighted by Gasteiger charge is -2.06. The highest BCUT2D eigenvalue weighted by atomic mass is 32.1. The first-order valence-corrected chi connectivity index (χ1v) is 10.8. The van der Waals surface area contributed by atoms with Crippen LogP contribution in [0.2, 0.25) is 0 Å². The number of anilines is 1. The van der Waals surface area contributed by atoms with Crippen LogP contribution in [0.15, 0.2) is 28.8 Å². The van der Waals surface area contributed by atoms with Crippen LogP contribution in [0.4, 0.5) is 5.13 Å². The number of carbonyl (C=O) groups is 3. The van der Waals surface area contributed by atoms with Crippen LogP contribution >= 0.6 is 11.3 Å². The Morgan fingerprint density at radius 3 is 2.72 bits per heavy atom. The van der Waals surface area contributed by atoms with E-state index in [1.54, 1.807) is 38.1 Å². The van der Waals surface area contributed by atoms with Gasteiger partial charge in [0.25, 0.3) is 5.91 Å². The van der Waals surface area contributed by atoms with Crippen LogP contribution in [0.25, 0.3) is 11.4 Å². The molecule has 168 valence electrons. The van der Waals surface area contributed by atoms with Crippen molar-refractivity contribution >= 4 is 34.3 Å². The van der Waals surface area contributed by atoms with Gasteiger partial charge in [-0.2, -0.15) is 4.98 Å². The molecule has 2 N–H and O–H groups in total. The first-order chi connectivity index (χ1) is 15.4. The largest absolute Gasteiger partial charge is 0.461 e. The number of nitrogens with zero attached hydrogens (tertiary/aromatic N) is 3. The Morgan fingerprint density at radius 1 is 1.19 bits per heavy atom. The number of carbonyl (C=O) groups excluding carboxylic acids is 3. The summed E-state index contributed by atoms with van der Waals surface area (Å²) in [5, 5.41) is 9.50. The molecule has 11 heteroatoms. The van der Waals surface area contributed by atoms with E-state index in [0.29, 0.717) is 45.2 Å². The molecule has 3 rings (SSSR count). The van der Waals surface area contributed by atoms with Gasteiger partial charge >= 0.3 is 5.97 Å². The van der Waals surface area contributed by atoms with E-state index in [-0.39, 0.29) is 24.8 Å². The molecule has 10 nitrogen and oxygen atoms in total. The topological polar surface area (TPSA) is 136 Å². The predicted octanol–water partition coefficient (Wildman–Crippen LogP) is 3.14. The maximum Gasteiger partial charge on any atom is 0.350 e. The van der Waals surface area contributed by atoms with Crippen molar-refractivity contribution in [1.82, 2.24) is 20.4 Å². The molecule has 1 aromatic carbocycles. The number of hydrogen-bond donors (Lipinski definition) is 2. The lowest BCUT2D eigenvalue weighted by Crippen LogP contribution is -2.27. The van der Waals surface area contributed by atoms with Crippen LogP contribution < -0.4 is 10.6 Å². The zero-order valence-corrected chi connectivity index (χ0v) is 18.7. The maximum absolute atomic E-state index is 12.4. The molecule has 0 saturated carbocycles. The number of amides is 2. The summed E-state index contributed by atoms with van der Waals surface area (Å²) in [5.41, 5.74) is 1.56. The third kappa shape index (κ3) is 5.97. The Labute approximate surface area is 188 Å². The number of thiazole rings is 1. The van der Waals surface area contributed by atoms with Crippen LogP contribution in [-0.2, 0) is 9.53 Å². The summed E-state index contributed by atoms with van der Waals surface area (Å²) in [6.45, 7) is 5.73. The van der Waals surface area contributed by atoms with Crippen molar-refractivity contribution in [3.63, 3.8) is 0 Å². The second-order valence-corrected chi connectivity index (χ2v) is 7.84. The van der Waals surface area contributed by atoms with Crippen molar-refractivity contribution in [3.8, 4) is 11.4 Å². The van der Waals surface area contributed by atoms with Gasteiger partial charge in [0.2, 0.25) is 17.6 Å². The highest BCUT2D eigenvalue weighted by Gasteiger charge is 2.18. The summed E-state index contributed by atoms with van der Waals surface area (Å²) in [5.74, 6) is -0.281. The smallest absolute Gasteiger partial charge is 0.350 e. The van der Waals surface area contributed by atoms with Crippen LogP contribution in [-0.4, -0.2) is 46.1 Å². The van der Waals surface area contributed by atoms with Gasteiger partial charge in [0.05, 0.1) is 12.3 Å². The summed E-state index contributed by atoms with van der Waals surface area (Å²) < 4.78 is 10.1. The highest BCUT2D eigenvalue weighted by molar-refractivity contribution is 7.17. The van der Waals surface area contributed by atoms with Gasteiger partial charge in [-0.3, -0.25) is 9.59 Å². The molecule has 0 fully saturated rings. The Bertz CT molecular complexity index is 1120. The second kappa shape index (κ2) is 10.6. The summed E-state index contributed by atoms with van der Waals surface area (Å²) in [6.07, 6.45) is 0.768. The Morgan fingerprint density at radius 2 is 2.00 bits per heavy atom. The standard InChI is InChI=1S/C21H23N5O5S/c1-4-10-30-20(29)17-12(2)23-21(32-17)25-16(27)8-9-22-19(28)15-7-5-6-14(11-15)18-24-13(3)31-26-18/h5-7,11H,4,8-10H2,1-3H3,(H,22,28)(H,23,25,27). The van der Waals surface area contributed by atoms with Crippen LogP contribution in [0.1, 0.15) is 51.4 Å². The summed E-state index contributed by atoms with van der Waals surface area (Å²) in [6, 6.07) is 6.80. The Balaban J connectivity index is 1.50. The molecule has 0 spiro atoms. The number of ether oxygens (including phenoxy) is 1. The summed E-state index contributed by atoms with van der Waals surface area (Å²) in [4.78, 5) is 45.3. The molecule has 2 aromatic heterocycles. The third-order valence-corrected chi connectivity index (χ3v) is 5.27. The predicted molar refractivity (Wildman–Crippen MR) is 117 cm³/mol. The lowest BCUT2D eigenvalue weighted by atomic mass is 10.1. The number of nitrogens with one attached hydrogen (secondary N) is 2. The Hall–Kier alpha value is -3.60. The van der Waals surface area contributed by atoms with E-state index in [9.17, 15) is 14.4 Å². The summed E-state index contributed by atoms with van der Waals surface area (Å²) in [7, 11) is 0. The first-order valence-electron chi connectivity index (χ1n) is 10.0. The van der Waals surface area contributed by atoms with Gasteiger partial charge < -0.3 is 19.9 Å². The van der Waals surface area contributed by atoms with E-state index < -0.39 is 5.97 Å². The molecule has 32 heavy (non-hydrogen) atoms. The van der Waals surface area contributed by atoms with E-state index >= 15 is 0 Å². The zero-order valence-electron chi connectivity index (χ0n) is 17.9. The van der Waals surface area contributed by atoms with Crippen LogP contribution in [0, 0.1) is 13.8 Å². The fourth-order valence-electron chi connectivity index (χ4n) is 2.69. The number of esters is 1. The van der Waals surface area contributed by atoms with E-state index in [2.05, 4.69) is 25.8 Å². The molecular weight excluding hydrogens is 434 g/mol. The first kappa shape index (κ1) is 23.1. The molecule has 0 bridgehead atoms. The van der Waals surface area contributed by atoms with Crippen molar-refractivity contribution in [2.75, 3.05) is 18.5 Å². The minimum absolute atomic E-state index is 0.0453. The lowest BCUT2D eigenvalue weighted by molar-refractivity contribution is -0.116. The zero-order chi connectivity index (χ0) is 23.1. The van der Waals surface area contributed by atoms with Gasteiger partial charge in [-0.1, -0.05) is 35.5 Å².